The van der Waals surface area contributed by atoms with Gasteiger partial charge in [0.15, 0.2) is 11.2 Å². The number of carbonyl (C=O) groups excluding carboxylic acids is 3. The molecule has 3 amide bonds. The number of hydrogen-bond acceptors (Lipinski definition) is 12. The molecule has 1 aliphatic carbocycles. The number of benzene rings is 6. The van der Waals surface area contributed by atoms with Crippen molar-refractivity contribution in [1.82, 2.24) is 10.6 Å². The van der Waals surface area contributed by atoms with Crippen LogP contribution in [0.2, 0.25) is 0 Å². The number of unbranched alkanes of at least 4 members (excludes halogenated alkanes) is 2. The molecule has 18 heteroatoms. The smallest absolute Gasteiger partial charge is 0.457 e. The average molecular weight is 967 g/mol. The van der Waals surface area contributed by atoms with Gasteiger partial charge in [-0.1, -0.05) is 66.7 Å². The van der Waals surface area contributed by atoms with E-state index < -0.39 is 43.1 Å². The number of phenolic OH excluding ortho intramolecular Hbond substituents is 1. The van der Waals surface area contributed by atoms with Crippen LogP contribution in [-0.4, -0.2) is 52.3 Å². The number of aromatic carboxylic acids is 1. The summed E-state index contributed by atoms with van der Waals surface area (Å²) in [6.07, 6.45) is 1.66. The van der Waals surface area contributed by atoms with Crippen molar-refractivity contribution in [1.29, 1.82) is 5.41 Å². The molecule has 5 aromatic carbocycles. The highest BCUT2D eigenvalue weighted by atomic mass is 31.2. The van der Waals surface area contributed by atoms with Crippen LogP contribution in [0.15, 0.2) is 149 Å². The van der Waals surface area contributed by atoms with Gasteiger partial charge in [0.1, 0.15) is 40.5 Å². The summed E-state index contributed by atoms with van der Waals surface area (Å²) < 4.78 is 33.3. The number of para-hydroxylation sites is 2. The zero-order chi connectivity index (χ0) is 49.8. The predicted molar refractivity (Wildman–Crippen MR) is 265 cm³/mol. The lowest BCUT2D eigenvalue weighted by atomic mass is 9.90. The molecule has 0 saturated carbocycles. The van der Waals surface area contributed by atoms with Crippen LogP contribution in [0.5, 0.6) is 17.2 Å². The second-order valence-corrected chi connectivity index (χ2v) is 18.3. The van der Waals surface area contributed by atoms with Gasteiger partial charge in [-0.2, -0.15) is 0 Å². The Morgan fingerprint density at radius 2 is 1.37 bits per heavy atom. The van der Waals surface area contributed by atoms with E-state index >= 15 is 4.57 Å². The summed E-state index contributed by atoms with van der Waals surface area (Å²) in [5.74, 6) is -3.96. The van der Waals surface area contributed by atoms with Crippen LogP contribution in [0, 0.1) is 5.41 Å². The van der Waals surface area contributed by atoms with Gasteiger partial charge in [-0.3, -0.25) is 24.6 Å². The first-order valence-electron chi connectivity index (χ1n) is 22.4. The number of fused-ring (bicyclic) bond motifs is 2. The standard InChI is InChI=1S/C52H51N6O11P/c53-28-10-9-15-43(50(63)58-51(33-20-18-32(19-21-33)49(54)55)70(66,68-37-11-3-1-4-12-37)69-38-13-5-2-6-14-38)57-47(62)17-8-7-16-46(61)56-34-22-25-39(42(29-34)52(64)65)48-40-26-23-35(59)30-44(40)67-45-31-36(60)24-27-41(45)48/h1-6,11-14,18-27,29-31,43,51,59H,7-10,15-17,28,53H2,(H3,54,55)(H,56,61)(H,57,62)(H,58,63)(H,64,65)/t43-,51?/m0/s1. The van der Waals surface area contributed by atoms with Crippen molar-refractivity contribution in [3.8, 4) is 39.7 Å². The second-order valence-electron chi connectivity index (χ2n) is 16.3. The molecule has 1 heterocycles. The van der Waals surface area contributed by atoms with E-state index in [1.54, 1.807) is 109 Å². The van der Waals surface area contributed by atoms with Gasteiger partial charge in [-0.25, -0.2) is 9.36 Å². The van der Waals surface area contributed by atoms with Crippen molar-refractivity contribution in [2.24, 2.45) is 11.5 Å². The molecular formula is C52H51N6O11P. The van der Waals surface area contributed by atoms with Gasteiger partial charge < -0.3 is 51.1 Å². The number of carboxylic acid groups (broad SMARTS) is 1. The van der Waals surface area contributed by atoms with Crippen molar-refractivity contribution in [2.45, 2.75) is 56.8 Å². The fourth-order valence-corrected chi connectivity index (χ4v) is 9.70. The van der Waals surface area contributed by atoms with Crippen molar-refractivity contribution in [3.63, 3.8) is 0 Å². The topological polar surface area (TPSA) is 286 Å². The molecule has 1 aliphatic heterocycles. The zero-order valence-electron chi connectivity index (χ0n) is 37.8. The van der Waals surface area contributed by atoms with E-state index in [0.717, 1.165) is 0 Å². The summed E-state index contributed by atoms with van der Waals surface area (Å²) >= 11 is 0. The molecule has 10 N–H and O–H groups in total. The lowest BCUT2D eigenvalue weighted by molar-refractivity contribution is -0.129. The SMILES string of the molecule is N=C(N)c1ccc(C(NC(=O)[C@H](CCCCN)NC(=O)CCCCC(=O)Nc2ccc(-c3c4ccc(=O)cc-4oc4cc(O)ccc34)c(C(=O)O)c2)P(=O)(Oc2ccccc2)Oc2ccccc2)cc1. The van der Waals surface area contributed by atoms with Crippen LogP contribution in [-0.2, 0) is 18.9 Å². The highest BCUT2D eigenvalue weighted by molar-refractivity contribution is 7.55. The Morgan fingerprint density at radius 3 is 2.00 bits per heavy atom. The first kappa shape index (κ1) is 49.6. The predicted octanol–water partition coefficient (Wildman–Crippen LogP) is 8.53. The van der Waals surface area contributed by atoms with Crippen LogP contribution in [0.4, 0.5) is 5.69 Å². The van der Waals surface area contributed by atoms with Crippen LogP contribution in [0.1, 0.15) is 72.2 Å². The number of nitrogens with one attached hydrogen (secondary N) is 4. The Labute approximate surface area is 402 Å². The fraction of sp³-hybridized carbons (Fsp3) is 0.192. The van der Waals surface area contributed by atoms with Gasteiger partial charge in [0.25, 0.3) is 0 Å². The number of amidine groups is 1. The van der Waals surface area contributed by atoms with E-state index in [2.05, 4.69) is 16.0 Å². The Morgan fingerprint density at radius 1 is 0.729 bits per heavy atom. The Bertz CT molecular complexity index is 3050. The molecule has 360 valence electrons. The van der Waals surface area contributed by atoms with Gasteiger partial charge >= 0.3 is 13.6 Å². The van der Waals surface area contributed by atoms with Crippen LogP contribution >= 0.6 is 7.60 Å². The van der Waals surface area contributed by atoms with Gasteiger partial charge in [0.05, 0.1) is 5.56 Å². The number of carboxylic acids is 1. The Kier molecular flexibility index (Phi) is 16.1. The average Bonchev–Trinajstić information content (AvgIpc) is 3.34. The number of amides is 3. The highest BCUT2D eigenvalue weighted by Gasteiger charge is 2.43. The minimum Gasteiger partial charge on any atom is -0.508 e. The van der Waals surface area contributed by atoms with E-state index in [9.17, 15) is 34.2 Å². The van der Waals surface area contributed by atoms with Crippen molar-refractivity contribution in [3.05, 3.63) is 166 Å². The second kappa shape index (κ2) is 22.7. The van der Waals surface area contributed by atoms with E-state index in [-0.39, 0.29) is 88.8 Å². The van der Waals surface area contributed by atoms with Gasteiger partial charge in [0.2, 0.25) is 17.7 Å². The van der Waals surface area contributed by atoms with E-state index in [4.69, 9.17) is 30.3 Å². The highest BCUT2D eigenvalue weighted by Crippen LogP contribution is 2.59. The number of hydrogen-bond donors (Lipinski definition) is 8. The molecule has 70 heavy (non-hydrogen) atoms. The van der Waals surface area contributed by atoms with Crippen molar-refractivity contribution >= 4 is 53.8 Å². The first-order valence-corrected chi connectivity index (χ1v) is 24.0. The van der Waals surface area contributed by atoms with Crippen LogP contribution < -0.4 is 41.9 Å². The zero-order valence-corrected chi connectivity index (χ0v) is 38.7. The molecule has 0 radical (unpaired) electrons. The molecule has 2 aliphatic rings. The number of anilines is 1. The molecule has 0 spiro atoms. The number of nitrogen functional groups attached to an aromatic ring is 1. The maximum absolute atomic E-state index is 15.2. The number of carbonyl (C=O) groups is 4. The molecule has 0 aromatic heterocycles. The molecule has 0 bridgehead atoms. The van der Waals surface area contributed by atoms with Crippen LogP contribution in [0.25, 0.3) is 33.4 Å². The monoisotopic (exact) mass is 966 g/mol. The molecule has 1 unspecified atom stereocenters. The van der Waals surface area contributed by atoms with Crippen LogP contribution in [0.3, 0.4) is 0 Å². The number of nitrogens with two attached hydrogens (primary N) is 2. The molecule has 0 saturated heterocycles. The molecule has 5 aromatic rings. The molecular weight excluding hydrogens is 916 g/mol. The quantitative estimate of drug-likeness (QED) is 0.0104. The maximum Gasteiger partial charge on any atom is 0.457 e. The van der Waals surface area contributed by atoms with E-state index in [0.29, 0.717) is 47.0 Å². The first-order chi connectivity index (χ1) is 33.7. The number of phenols is 1. The third kappa shape index (κ3) is 12.4. The van der Waals surface area contributed by atoms with Gasteiger partial charge in [-0.05, 0) is 110 Å². The number of aromatic hydroxyl groups is 1. The van der Waals surface area contributed by atoms with E-state index in [1.165, 1.54) is 30.3 Å². The largest absolute Gasteiger partial charge is 0.508 e. The summed E-state index contributed by atoms with van der Waals surface area (Å²) in [5, 5.41) is 37.2. The third-order valence-electron chi connectivity index (χ3n) is 11.2. The molecule has 7 rings (SSSR count). The molecule has 17 nitrogen and oxygen atoms in total. The summed E-state index contributed by atoms with van der Waals surface area (Å²) in [6, 6.07) is 34.8. The third-order valence-corrected chi connectivity index (χ3v) is 13.2. The van der Waals surface area contributed by atoms with Crippen molar-refractivity contribution < 1.29 is 47.4 Å². The summed E-state index contributed by atoms with van der Waals surface area (Å²) in [7, 11) is -4.43. The maximum atomic E-state index is 15.2. The summed E-state index contributed by atoms with van der Waals surface area (Å²) in [5.41, 5.74) is 13.4. The summed E-state index contributed by atoms with van der Waals surface area (Å²) in [4.78, 5) is 65.8. The van der Waals surface area contributed by atoms with Gasteiger partial charge in [-0.15, -0.1) is 0 Å². The van der Waals surface area contributed by atoms with E-state index in [1.807, 2.05) is 0 Å². The van der Waals surface area contributed by atoms with Gasteiger partial charge in [0, 0.05) is 52.7 Å². The minimum absolute atomic E-state index is 0.0173. The summed E-state index contributed by atoms with van der Waals surface area (Å²) in [6.45, 7) is 0.344. The Balaban J connectivity index is 1.03. The molecule has 0 fully saturated rings. The number of rotatable bonds is 22. The lowest BCUT2D eigenvalue weighted by Crippen LogP contribution is -2.48. The minimum atomic E-state index is -4.43. The lowest BCUT2D eigenvalue weighted by Gasteiger charge is -2.30. The van der Waals surface area contributed by atoms with Crippen molar-refractivity contribution in [2.75, 3.05) is 11.9 Å². The normalized spacial score (nSPS) is 12.1. The Hall–Kier alpha value is -8.27. The fourth-order valence-electron chi connectivity index (χ4n) is 7.79. The molecule has 2 atom stereocenters.